The topological polar surface area (TPSA) is 88.4 Å². The summed E-state index contributed by atoms with van der Waals surface area (Å²) in [5, 5.41) is 5.34. The minimum absolute atomic E-state index is 0.0506. The Kier molecular flexibility index (Phi) is 5.33. The third-order valence-corrected chi connectivity index (χ3v) is 8.13. The van der Waals surface area contributed by atoms with Crippen molar-refractivity contribution in [3.05, 3.63) is 64.2 Å². The largest absolute Gasteiger partial charge is 0.299 e. The Morgan fingerprint density at radius 1 is 0.968 bits per heavy atom. The molecule has 0 amide bonds. The number of pyridine rings is 1. The van der Waals surface area contributed by atoms with Crippen molar-refractivity contribution in [1.82, 2.24) is 24.0 Å². The summed E-state index contributed by atoms with van der Waals surface area (Å²) < 4.78 is 29.6. The lowest BCUT2D eigenvalue weighted by Crippen LogP contribution is -2.49. The van der Waals surface area contributed by atoms with Crippen LogP contribution in [-0.2, 0) is 29.4 Å². The molecule has 0 saturated carbocycles. The fraction of sp³-hybridized carbons (Fsp3) is 0.409. The molecule has 162 valence electrons. The Morgan fingerprint density at radius 2 is 1.77 bits per heavy atom. The van der Waals surface area contributed by atoms with Crippen molar-refractivity contribution in [3.8, 4) is 0 Å². The van der Waals surface area contributed by atoms with Gasteiger partial charge in [-0.15, -0.1) is 0 Å². The number of para-hydroxylation sites is 1. The van der Waals surface area contributed by atoms with Crippen LogP contribution in [0.2, 0.25) is 0 Å². The first kappa shape index (κ1) is 20.3. The van der Waals surface area contributed by atoms with Crippen LogP contribution in [0.1, 0.15) is 17.7 Å². The monoisotopic (exact) mass is 439 g/mol. The number of rotatable bonds is 5. The number of hydrogen-bond donors (Lipinski definition) is 0. The molecule has 3 heterocycles. The van der Waals surface area contributed by atoms with Gasteiger partial charge in [0.2, 0.25) is 10.0 Å². The molecule has 1 aliphatic heterocycles. The molecular formula is C22H25N5O3S. The molecule has 31 heavy (non-hydrogen) atoms. The van der Waals surface area contributed by atoms with Gasteiger partial charge in [-0.25, -0.2) is 13.1 Å². The molecule has 0 spiro atoms. The number of hydrogen-bond acceptors (Lipinski definition) is 6. The lowest BCUT2D eigenvalue weighted by atomic mass is 10.2. The SMILES string of the molecule is O=c1cc2c(nn1CCN1CCN(S(=O)(=O)c3cccc4cccnc34)CC1)CCC2. The van der Waals surface area contributed by atoms with E-state index >= 15 is 0 Å². The van der Waals surface area contributed by atoms with Crippen molar-refractivity contribution in [2.75, 3.05) is 32.7 Å². The second kappa shape index (κ2) is 8.14. The Hall–Kier alpha value is -2.62. The Bertz CT molecular complexity index is 1270. The molecule has 0 unspecified atom stereocenters. The van der Waals surface area contributed by atoms with E-state index in [2.05, 4.69) is 15.0 Å². The minimum atomic E-state index is -3.62. The molecule has 8 nitrogen and oxygen atoms in total. The van der Waals surface area contributed by atoms with E-state index in [1.54, 1.807) is 35.1 Å². The predicted molar refractivity (Wildman–Crippen MR) is 117 cm³/mol. The van der Waals surface area contributed by atoms with Crippen molar-refractivity contribution in [1.29, 1.82) is 0 Å². The standard InChI is InChI=1S/C22H25N5O3S/c28-21-16-18-5-1-7-19(18)24-27(21)15-12-25-10-13-26(14-11-25)31(29,30)20-8-2-4-17-6-3-9-23-22(17)20/h2-4,6,8-9,16H,1,5,7,10-15H2. The number of nitrogens with zero attached hydrogens (tertiary/aromatic N) is 5. The first-order chi connectivity index (χ1) is 15.0. The highest BCUT2D eigenvalue weighted by Crippen LogP contribution is 2.24. The molecule has 5 rings (SSSR count). The second-order valence-electron chi connectivity index (χ2n) is 8.11. The van der Waals surface area contributed by atoms with Gasteiger partial charge in [-0.1, -0.05) is 18.2 Å². The fourth-order valence-corrected chi connectivity index (χ4v) is 6.04. The van der Waals surface area contributed by atoms with Crippen LogP contribution < -0.4 is 5.56 Å². The van der Waals surface area contributed by atoms with Crippen molar-refractivity contribution in [3.63, 3.8) is 0 Å². The molecular weight excluding hydrogens is 414 g/mol. The normalized spacial score (nSPS) is 17.8. The van der Waals surface area contributed by atoms with Crippen molar-refractivity contribution >= 4 is 20.9 Å². The van der Waals surface area contributed by atoms with E-state index in [9.17, 15) is 13.2 Å². The quantitative estimate of drug-likeness (QED) is 0.595. The Labute approximate surface area is 181 Å². The molecule has 2 aliphatic rings. The van der Waals surface area contributed by atoms with E-state index in [1.165, 1.54) is 4.31 Å². The van der Waals surface area contributed by atoms with E-state index in [1.807, 2.05) is 12.1 Å². The molecule has 0 atom stereocenters. The first-order valence-corrected chi connectivity index (χ1v) is 12.1. The van der Waals surface area contributed by atoms with Crippen molar-refractivity contribution in [2.45, 2.75) is 30.7 Å². The summed E-state index contributed by atoms with van der Waals surface area (Å²) in [6.45, 7) is 3.27. The lowest BCUT2D eigenvalue weighted by molar-refractivity contribution is 0.180. The fourth-order valence-electron chi connectivity index (χ4n) is 4.45. The third-order valence-electron chi connectivity index (χ3n) is 6.20. The highest BCUT2D eigenvalue weighted by atomic mass is 32.2. The number of aromatic nitrogens is 3. The van der Waals surface area contributed by atoms with Crippen molar-refractivity contribution in [2.24, 2.45) is 0 Å². The van der Waals surface area contributed by atoms with Crippen LogP contribution >= 0.6 is 0 Å². The van der Waals surface area contributed by atoms with Gasteiger partial charge in [0, 0.05) is 50.4 Å². The molecule has 0 bridgehead atoms. The molecule has 1 aliphatic carbocycles. The van der Waals surface area contributed by atoms with Gasteiger partial charge in [0.1, 0.15) is 4.90 Å². The zero-order valence-corrected chi connectivity index (χ0v) is 18.1. The van der Waals surface area contributed by atoms with E-state index in [-0.39, 0.29) is 10.5 Å². The molecule has 3 aromatic rings. The van der Waals surface area contributed by atoms with E-state index in [0.717, 1.165) is 35.9 Å². The van der Waals surface area contributed by atoms with Gasteiger partial charge >= 0.3 is 0 Å². The third kappa shape index (κ3) is 3.88. The molecule has 1 saturated heterocycles. The number of piperazine rings is 1. The average Bonchev–Trinajstić information content (AvgIpc) is 3.24. The number of sulfonamides is 1. The number of aryl methyl sites for hydroxylation is 2. The van der Waals surface area contributed by atoms with Crippen LogP contribution in [0, 0.1) is 0 Å². The van der Waals surface area contributed by atoms with Crippen LogP contribution in [0.25, 0.3) is 10.9 Å². The Morgan fingerprint density at radius 3 is 2.61 bits per heavy atom. The maximum atomic E-state index is 13.3. The van der Waals surface area contributed by atoms with Gasteiger partial charge < -0.3 is 0 Å². The molecule has 1 aromatic carbocycles. The van der Waals surface area contributed by atoms with Crippen LogP contribution in [0.3, 0.4) is 0 Å². The Balaban J connectivity index is 1.25. The van der Waals surface area contributed by atoms with Gasteiger partial charge in [0.25, 0.3) is 5.56 Å². The van der Waals surface area contributed by atoms with Gasteiger partial charge in [-0.05, 0) is 37.0 Å². The van der Waals surface area contributed by atoms with E-state index < -0.39 is 10.0 Å². The van der Waals surface area contributed by atoms with E-state index in [0.29, 0.717) is 44.8 Å². The number of fused-ring (bicyclic) bond motifs is 2. The number of benzene rings is 1. The maximum Gasteiger partial charge on any atom is 0.267 e. The van der Waals surface area contributed by atoms with Crippen LogP contribution in [0.15, 0.2) is 52.3 Å². The summed E-state index contributed by atoms with van der Waals surface area (Å²) in [6.07, 6.45) is 4.57. The van der Waals surface area contributed by atoms with Gasteiger partial charge in [0.15, 0.2) is 0 Å². The smallest absolute Gasteiger partial charge is 0.267 e. The van der Waals surface area contributed by atoms with Gasteiger partial charge in [-0.3, -0.25) is 14.7 Å². The highest BCUT2D eigenvalue weighted by molar-refractivity contribution is 7.89. The zero-order chi connectivity index (χ0) is 21.4. The summed E-state index contributed by atoms with van der Waals surface area (Å²) in [5.74, 6) is 0. The van der Waals surface area contributed by atoms with E-state index in [4.69, 9.17) is 0 Å². The summed E-state index contributed by atoms with van der Waals surface area (Å²) in [6, 6.07) is 10.6. The second-order valence-corrected chi connectivity index (χ2v) is 10.0. The van der Waals surface area contributed by atoms with Gasteiger partial charge in [-0.2, -0.15) is 9.40 Å². The summed E-state index contributed by atoms with van der Waals surface area (Å²) in [4.78, 5) is 19.0. The summed E-state index contributed by atoms with van der Waals surface area (Å²) >= 11 is 0. The van der Waals surface area contributed by atoms with Crippen LogP contribution in [0.5, 0.6) is 0 Å². The molecule has 9 heteroatoms. The zero-order valence-electron chi connectivity index (χ0n) is 17.3. The maximum absolute atomic E-state index is 13.3. The molecule has 0 N–H and O–H groups in total. The molecule has 2 aromatic heterocycles. The van der Waals surface area contributed by atoms with Crippen LogP contribution in [-0.4, -0.2) is 65.1 Å². The van der Waals surface area contributed by atoms with Gasteiger partial charge in [0.05, 0.1) is 17.8 Å². The first-order valence-electron chi connectivity index (χ1n) is 10.7. The highest BCUT2D eigenvalue weighted by Gasteiger charge is 2.30. The predicted octanol–water partition coefficient (Wildman–Crippen LogP) is 1.29. The molecule has 1 fully saturated rings. The van der Waals surface area contributed by atoms with Crippen molar-refractivity contribution < 1.29 is 8.42 Å². The minimum Gasteiger partial charge on any atom is -0.299 e. The molecule has 0 radical (unpaired) electrons. The summed E-state index contributed by atoms with van der Waals surface area (Å²) in [7, 11) is -3.62. The average molecular weight is 440 g/mol. The van der Waals surface area contributed by atoms with Crippen LogP contribution in [0.4, 0.5) is 0 Å². The lowest BCUT2D eigenvalue weighted by Gasteiger charge is -2.34. The summed E-state index contributed by atoms with van der Waals surface area (Å²) in [5.41, 5.74) is 2.59.